The molecule has 0 spiro atoms. The van der Waals surface area contributed by atoms with Gasteiger partial charge in [0.25, 0.3) is 0 Å². The number of hydrogen-bond donors (Lipinski definition) is 4. The first-order valence-corrected chi connectivity index (χ1v) is 24.3. The summed E-state index contributed by atoms with van der Waals surface area (Å²) in [5.74, 6) is -0.398. The third kappa shape index (κ3) is 30.5. The molecule has 0 amide bonds. The minimum atomic E-state index is -5.06. The Bertz CT molecular complexity index is 1060. The molecule has 13 heteroatoms. The molecule has 338 valence electrons. The van der Waals surface area contributed by atoms with Crippen LogP contribution in [0, 0.1) is 0 Å². The lowest BCUT2D eigenvalue weighted by atomic mass is 9.99. The van der Waals surface area contributed by atoms with E-state index < -0.39 is 59.8 Å². The third-order valence-electron chi connectivity index (χ3n) is 10.6. The average molecular weight is 837 g/mol. The van der Waals surface area contributed by atoms with Crippen LogP contribution in [0.2, 0.25) is 0 Å². The van der Waals surface area contributed by atoms with Crippen molar-refractivity contribution in [2.75, 3.05) is 26.4 Å². The summed E-state index contributed by atoms with van der Waals surface area (Å²) in [4.78, 5) is 12.8. The monoisotopic (exact) mass is 837 g/mol. The van der Waals surface area contributed by atoms with Crippen molar-refractivity contribution in [1.82, 2.24) is 0 Å². The lowest BCUT2D eigenvalue weighted by molar-refractivity contribution is -0.301. The Hall–Kier alpha value is -1.16. The maximum Gasteiger partial charge on any atom is 0.397 e. The normalized spacial score (nSPS) is 20.7. The summed E-state index contributed by atoms with van der Waals surface area (Å²) in [7, 11) is -5.06. The molecule has 6 atom stereocenters. The Balaban J connectivity index is 2.39. The fraction of sp³-hybridized carbons (Fsp3) is 0.932. The molecule has 1 fully saturated rings. The van der Waals surface area contributed by atoms with Crippen LogP contribution in [-0.2, 0) is 38.3 Å². The highest BCUT2D eigenvalue weighted by Crippen LogP contribution is 2.26. The quantitative estimate of drug-likeness (QED) is 0.0199. The molecule has 0 aromatic rings. The molecule has 1 aliphatic rings. The number of allylic oxidation sites excluding steroid dienone is 2. The minimum Gasteiger partial charge on any atom is -0.457 e. The summed E-state index contributed by atoms with van der Waals surface area (Å²) in [6, 6.07) is 0. The summed E-state index contributed by atoms with van der Waals surface area (Å²) < 4.78 is 59.0. The Labute approximate surface area is 347 Å². The largest absolute Gasteiger partial charge is 0.457 e. The van der Waals surface area contributed by atoms with E-state index in [-0.39, 0.29) is 19.6 Å². The van der Waals surface area contributed by atoms with Crippen LogP contribution in [0.5, 0.6) is 0 Å². The van der Waals surface area contributed by atoms with Crippen molar-refractivity contribution in [3.8, 4) is 0 Å². The zero-order valence-corrected chi connectivity index (χ0v) is 36.7. The predicted octanol–water partition coefficient (Wildman–Crippen LogP) is 9.47. The summed E-state index contributed by atoms with van der Waals surface area (Å²) in [5, 5.41) is 30.6. The van der Waals surface area contributed by atoms with Gasteiger partial charge in [0, 0.05) is 13.0 Å². The standard InChI is InChI=1S/C44H84O12S/c1-3-5-7-9-11-13-15-17-18-19-20-21-22-23-25-27-29-31-33-40(46)54-38(36-52-34-32-30-28-26-24-16-14-12-10-8-6-4-2)37-53-44-42(48)43(56-57(49,50)51)41(47)39(35-45)55-44/h10,12,38-39,41-45,47-48H,3-9,11,13-37H2,1-2H3,(H,49,50,51)/b12-10-. The summed E-state index contributed by atoms with van der Waals surface area (Å²) in [5.41, 5.74) is 0. The number of aliphatic hydroxyl groups is 3. The van der Waals surface area contributed by atoms with E-state index in [4.69, 9.17) is 23.5 Å². The summed E-state index contributed by atoms with van der Waals surface area (Å²) in [6.45, 7) is 3.96. The van der Waals surface area contributed by atoms with Crippen molar-refractivity contribution in [1.29, 1.82) is 0 Å². The number of rotatable bonds is 40. The van der Waals surface area contributed by atoms with E-state index in [1.54, 1.807) is 0 Å². The van der Waals surface area contributed by atoms with Gasteiger partial charge in [0.05, 0.1) is 19.8 Å². The number of ether oxygens (including phenoxy) is 4. The van der Waals surface area contributed by atoms with Crippen molar-refractivity contribution < 1.29 is 56.2 Å². The van der Waals surface area contributed by atoms with E-state index in [0.717, 1.165) is 44.9 Å². The number of carbonyl (C=O) groups excluding carboxylic acids is 1. The van der Waals surface area contributed by atoms with Crippen molar-refractivity contribution in [3.63, 3.8) is 0 Å². The molecule has 4 N–H and O–H groups in total. The van der Waals surface area contributed by atoms with E-state index in [0.29, 0.717) is 13.0 Å². The first-order valence-electron chi connectivity index (χ1n) is 22.9. The van der Waals surface area contributed by atoms with Crippen molar-refractivity contribution in [2.24, 2.45) is 0 Å². The zero-order chi connectivity index (χ0) is 41.8. The number of hydrogen-bond acceptors (Lipinski definition) is 11. The highest BCUT2D eigenvalue weighted by molar-refractivity contribution is 7.80. The molecule has 1 saturated heterocycles. The van der Waals surface area contributed by atoms with Gasteiger partial charge >= 0.3 is 16.4 Å². The second-order valence-corrected chi connectivity index (χ2v) is 17.0. The van der Waals surface area contributed by atoms with Crippen LogP contribution < -0.4 is 0 Å². The highest BCUT2D eigenvalue weighted by Gasteiger charge is 2.48. The van der Waals surface area contributed by atoms with Gasteiger partial charge in [-0.3, -0.25) is 9.35 Å². The van der Waals surface area contributed by atoms with Crippen molar-refractivity contribution in [2.45, 2.75) is 237 Å². The summed E-state index contributed by atoms with van der Waals surface area (Å²) >= 11 is 0. The lowest BCUT2D eigenvalue weighted by Gasteiger charge is -2.41. The van der Waals surface area contributed by atoms with Crippen LogP contribution in [0.3, 0.4) is 0 Å². The fourth-order valence-electron chi connectivity index (χ4n) is 7.12. The van der Waals surface area contributed by atoms with E-state index in [2.05, 4.69) is 30.2 Å². The number of carbonyl (C=O) groups is 1. The van der Waals surface area contributed by atoms with Crippen LogP contribution >= 0.6 is 0 Å². The zero-order valence-electron chi connectivity index (χ0n) is 35.9. The van der Waals surface area contributed by atoms with Crippen LogP contribution in [0.15, 0.2) is 12.2 Å². The molecule has 6 unspecified atom stereocenters. The van der Waals surface area contributed by atoms with Gasteiger partial charge in [-0.2, -0.15) is 8.42 Å². The molecule has 0 aromatic carbocycles. The van der Waals surface area contributed by atoms with Crippen LogP contribution in [0.1, 0.15) is 200 Å². The first kappa shape index (κ1) is 53.9. The molecule has 1 aliphatic heterocycles. The summed E-state index contributed by atoms with van der Waals surface area (Å²) in [6.07, 6.45) is 29.6. The number of esters is 1. The maximum absolute atomic E-state index is 12.8. The van der Waals surface area contributed by atoms with Crippen LogP contribution in [-0.4, -0.2) is 97.5 Å². The van der Waals surface area contributed by atoms with Crippen molar-refractivity contribution in [3.05, 3.63) is 12.2 Å². The molecule has 0 radical (unpaired) electrons. The molecule has 0 saturated carbocycles. The Morgan fingerprint density at radius 2 is 1.12 bits per heavy atom. The molecule has 57 heavy (non-hydrogen) atoms. The SMILES string of the molecule is CCCC/C=C\CCCCCCCCOCC(COC1OC(CO)C(O)C(OS(=O)(=O)O)C1O)OC(=O)CCCCCCCCCCCCCCCCCCCC. The van der Waals surface area contributed by atoms with Gasteiger partial charge in [-0.05, 0) is 32.1 Å². The van der Waals surface area contributed by atoms with Gasteiger partial charge in [0.1, 0.15) is 30.5 Å². The smallest absolute Gasteiger partial charge is 0.397 e. The number of unbranched alkanes of at least 4 members (excludes halogenated alkanes) is 25. The molecule has 1 rings (SSSR count). The van der Waals surface area contributed by atoms with Crippen LogP contribution in [0.4, 0.5) is 0 Å². The second-order valence-electron chi connectivity index (χ2n) is 16.0. The van der Waals surface area contributed by atoms with E-state index >= 15 is 0 Å². The Morgan fingerprint density at radius 1 is 0.649 bits per heavy atom. The Kier molecular flexibility index (Phi) is 34.6. The minimum absolute atomic E-state index is 0.0368. The molecular weight excluding hydrogens is 753 g/mol. The average Bonchev–Trinajstić information content (AvgIpc) is 3.18. The van der Waals surface area contributed by atoms with Gasteiger partial charge in [-0.15, -0.1) is 0 Å². The molecule has 1 heterocycles. The molecular formula is C44H84O12S. The second kappa shape index (κ2) is 36.7. The van der Waals surface area contributed by atoms with E-state index in [1.807, 2.05) is 0 Å². The fourth-order valence-corrected chi connectivity index (χ4v) is 7.63. The third-order valence-corrected chi connectivity index (χ3v) is 11.1. The van der Waals surface area contributed by atoms with Gasteiger partial charge in [0.2, 0.25) is 0 Å². The van der Waals surface area contributed by atoms with Crippen molar-refractivity contribution >= 4 is 16.4 Å². The molecule has 0 aliphatic carbocycles. The molecule has 0 aromatic heterocycles. The predicted molar refractivity (Wildman–Crippen MR) is 225 cm³/mol. The van der Waals surface area contributed by atoms with E-state index in [1.165, 1.54) is 128 Å². The molecule has 0 bridgehead atoms. The number of aliphatic hydroxyl groups excluding tert-OH is 3. The first-order chi connectivity index (χ1) is 27.6. The topological polar surface area (TPSA) is 178 Å². The van der Waals surface area contributed by atoms with E-state index in [9.17, 15) is 28.5 Å². The van der Waals surface area contributed by atoms with Gasteiger partial charge in [0.15, 0.2) is 6.29 Å². The highest BCUT2D eigenvalue weighted by atomic mass is 32.3. The molecule has 12 nitrogen and oxygen atoms in total. The van der Waals surface area contributed by atoms with Gasteiger partial charge in [-0.1, -0.05) is 174 Å². The van der Waals surface area contributed by atoms with Crippen LogP contribution in [0.25, 0.3) is 0 Å². The maximum atomic E-state index is 12.8. The van der Waals surface area contributed by atoms with Gasteiger partial charge in [-0.25, -0.2) is 4.18 Å². The van der Waals surface area contributed by atoms with Gasteiger partial charge < -0.3 is 34.3 Å². The Morgan fingerprint density at radius 3 is 1.63 bits per heavy atom. The lowest BCUT2D eigenvalue weighted by Crippen LogP contribution is -2.60.